The number of carbonyl (C=O) groups is 2. The average molecular weight is 298 g/mol. The maximum absolute atomic E-state index is 14.3. The smallest absolute Gasteiger partial charge is 0.225 e. The van der Waals surface area contributed by atoms with Gasteiger partial charge in [-0.2, -0.15) is 0 Å². The molecule has 0 N–H and O–H groups in total. The number of halogens is 1. The summed E-state index contributed by atoms with van der Waals surface area (Å²) in [6.07, 6.45) is -0.798. The van der Waals surface area contributed by atoms with Crippen LogP contribution in [0, 0.1) is 5.82 Å². The van der Waals surface area contributed by atoms with E-state index in [9.17, 15) is 14.0 Å². The van der Waals surface area contributed by atoms with Gasteiger partial charge >= 0.3 is 0 Å². The normalized spacial score (nSPS) is 14.1. The van der Waals surface area contributed by atoms with Gasteiger partial charge in [0.1, 0.15) is 12.0 Å². The number of hydrogen-bond acceptors (Lipinski definition) is 2. The first-order valence-electron chi connectivity index (χ1n) is 6.95. The van der Waals surface area contributed by atoms with Crippen LogP contribution in [0.4, 0.5) is 15.8 Å². The fourth-order valence-electron chi connectivity index (χ4n) is 2.90. The van der Waals surface area contributed by atoms with Crippen LogP contribution in [-0.4, -0.2) is 11.8 Å². The van der Waals surface area contributed by atoms with E-state index in [-0.39, 0.29) is 11.8 Å². The minimum atomic E-state index is -0.798. The molecule has 2 aromatic carbocycles. The largest absolute Gasteiger partial charge is 0.285 e. The Balaban J connectivity index is 2.25. The first kappa shape index (κ1) is 14.3. The van der Waals surface area contributed by atoms with Crippen molar-refractivity contribution in [3.05, 3.63) is 59.9 Å². The van der Waals surface area contributed by atoms with Crippen molar-refractivity contribution in [1.29, 1.82) is 0 Å². The van der Waals surface area contributed by atoms with Gasteiger partial charge in [0.05, 0.1) is 11.4 Å². The molecular formula is C17H15FN2O2. The molecule has 0 fully saturated rings. The third-order valence-corrected chi connectivity index (χ3v) is 3.75. The SMILES string of the molecule is CC(=O)N1c2ccccc2N(C(C)=O)C1c1ccccc1F. The zero-order valence-corrected chi connectivity index (χ0v) is 12.3. The highest BCUT2D eigenvalue weighted by atomic mass is 19.1. The second-order valence-corrected chi connectivity index (χ2v) is 5.16. The number of anilines is 2. The first-order chi connectivity index (χ1) is 10.5. The van der Waals surface area contributed by atoms with E-state index in [0.29, 0.717) is 16.9 Å². The van der Waals surface area contributed by atoms with Crippen LogP contribution < -0.4 is 9.80 Å². The van der Waals surface area contributed by atoms with Crippen LogP contribution in [0.2, 0.25) is 0 Å². The fraction of sp³-hybridized carbons (Fsp3) is 0.176. The highest BCUT2D eigenvalue weighted by Crippen LogP contribution is 2.46. The molecule has 4 nitrogen and oxygen atoms in total. The van der Waals surface area contributed by atoms with Gasteiger partial charge < -0.3 is 0 Å². The van der Waals surface area contributed by atoms with Gasteiger partial charge in [0.25, 0.3) is 0 Å². The van der Waals surface area contributed by atoms with Gasteiger partial charge in [0.15, 0.2) is 0 Å². The molecule has 2 aromatic rings. The van der Waals surface area contributed by atoms with Crippen molar-refractivity contribution >= 4 is 23.2 Å². The van der Waals surface area contributed by atoms with Gasteiger partial charge in [0.2, 0.25) is 11.8 Å². The van der Waals surface area contributed by atoms with Gasteiger partial charge in [-0.3, -0.25) is 19.4 Å². The summed E-state index contributed by atoms with van der Waals surface area (Å²) in [4.78, 5) is 27.2. The van der Waals surface area contributed by atoms with E-state index < -0.39 is 12.0 Å². The molecule has 0 unspecified atom stereocenters. The van der Waals surface area contributed by atoms with Crippen molar-refractivity contribution in [2.75, 3.05) is 9.80 Å². The molecule has 1 aliphatic rings. The molecule has 0 aromatic heterocycles. The molecule has 5 heteroatoms. The molecule has 112 valence electrons. The number of benzene rings is 2. The van der Waals surface area contributed by atoms with Gasteiger partial charge in [0, 0.05) is 19.4 Å². The molecule has 0 saturated carbocycles. The van der Waals surface area contributed by atoms with E-state index in [2.05, 4.69) is 0 Å². The van der Waals surface area contributed by atoms with Crippen LogP contribution in [0.3, 0.4) is 0 Å². The molecule has 0 saturated heterocycles. The molecule has 0 spiro atoms. The van der Waals surface area contributed by atoms with E-state index in [1.54, 1.807) is 42.5 Å². The summed E-state index contributed by atoms with van der Waals surface area (Å²) in [5.41, 5.74) is 1.51. The van der Waals surface area contributed by atoms with E-state index in [0.717, 1.165) is 0 Å². The van der Waals surface area contributed by atoms with Crippen molar-refractivity contribution in [3.8, 4) is 0 Å². The number of amides is 2. The fourth-order valence-corrected chi connectivity index (χ4v) is 2.90. The van der Waals surface area contributed by atoms with Crippen LogP contribution in [0.1, 0.15) is 25.6 Å². The maximum atomic E-state index is 14.3. The minimum absolute atomic E-state index is 0.246. The zero-order chi connectivity index (χ0) is 15.9. The molecule has 22 heavy (non-hydrogen) atoms. The lowest BCUT2D eigenvalue weighted by Crippen LogP contribution is -2.41. The molecule has 0 aliphatic carbocycles. The molecule has 0 bridgehead atoms. The van der Waals surface area contributed by atoms with Crippen LogP contribution in [-0.2, 0) is 9.59 Å². The first-order valence-corrected chi connectivity index (χ1v) is 6.95. The van der Waals surface area contributed by atoms with Crippen molar-refractivity contribution < 1.29 is 14.0 Å². The molecular weight excluding hydrogens is 283 g/mol. The summed E-state index contributed by atoms with van der Waals surface area (Å²) in [7, 11) is 0. The molecule has 0 radical (unpaired) electrons. The highest BCUT2D eigenvalue weighted by molar-refractivity contribution is 6.07. The van der Waals surface area contributed by atoms with Gasteiger partial charge in [-0.05, 0) is 18.2 Å². The minimum Gasteiger partial charge on any atom is -0.285 e. The Hall–Kier alpha value is -2.69. The monoisotopic (exact) mass is 298 g/mol. The Labute approximate surface area is 127 Å². The molecule has 0 atom stereocenters. The van der Waals surface area contributed by atoms with Crippen molar-refractivity contribution in [2.24, 2.45) is 0 Å². The Bertz CT molecular complexity index is 719. The van der Waals surface area contributed by atoms with Crippen LogP contribution in [0.25, 0.3) is 0 Å². The number of carbonyl (C=O) groups excluding carboxylic acids is 2. The summed E-state index contributed by atoms with van der Waals surface area (Å²) < 4.78 is 14.3. The Kier molecular flexibility index (Phi) is 3.41. The molecule has 1 heterocycles. The van der Waals surface area contributed by atoms with E-state index in [1.807, 2.05) is 0 Å². The van der Waals surface area contributed by atoms with E-state index in [4.69, 9.17) is 0 Å². The Morgan fingerprint density at radius 3 is 1.77 bits per heavy atom. The van der Waals surface area contributed by atoms with Crippen LogP contribution in [0.5, 0.6) is 0 Å². The van der Waals surface area contributed by atoms with Crippen LogP contribution >= 0.6 is 0 Å². The predicted octanol–water partition coefficient (Wildman–Crippen LogP) is 3.24. The number of nitrogens with zero attached hydrogens (tertiary/aromatic N) is 2. The molecule has 3 rings (SSSR count). The summed E-state index contributed by atoms with van der Waals surface area (Å²) in [5.74, 6) is -0.938. The van der Waals surface area contributed by atoms with Crippen molar-refractivity contribution in [2.45, 2.75) is 20.0 Å². The zero-order valence-electron chi connectivity index (χ0n) is 12.3. The quantitative estimate of drug-likeness (QED) is 0.811. The maximum Gasteiger partial charge on any atom is 0.225 e. The lowest BCUT2D eigenvalue weighted by molar-refractivity contribution is -0.118. The Morgan fingerprint density at radius 2 is 1.32 bits per heavy atom. The van der Waals surface area contributed by atoms with Crippen molar-refractivity contribution in [3.63, 3.8) is 0 Å². The molecule has 1 aliphatic heterocycles. The van der Waals surface area contributed by atoms with Crippen LogP contribution in [0.15, 0.2) is 48.5 Å². The average Bonchev–Trinajstić information content (AvgIpc) is 2.82. The predicted molar refractivity (Wildman–Crippen MR) is 81.9 cm³/mol. The third-order valence-electron chi connectivity index (χ3n) is 3.75. The lowest BCUT2D eigenvalue weighted by atomic mass is 10.1. The topological polar surface area (TPSA) is 40.6 Å². The second-order valence-electron chi connectivity index (χ2n) is 5.16. The van der Waals surface area contributed by atoms with Gasteiger partial charge in [-0.15, -0.1) is 0 Å². The highest BCUT2D eigenvalue weighted by Gasteiger charge is 2.42. The molecule has 2 amide bonds. The Morgan fingerprint density at radius 1 is 0.864 bits per heavy atom. The van der Waals surface area contributed by atoms with E-state index in [1.165, 1.54) is 29.7 Å². The van der Waals surface area contributed by atoms with Gasteiger partial charge in [-0.25, -0.2) is 4.39 Å². The third kappa shape index (κ3) is 2.06. The summed E-state index contributed by atoms with van der Waals surface area (Å²) in [6.45, 7) is 2.82. The van der Waals surface area contributed by atoms with Crippen molar-refractivity contribution in [1.82, 2.24) is 0 Å². The van der Waals surface area contributed by atoms with Gasteiger partial charge in [-0.1, -0.05) is 30.3 Å². The number of para-hydroxylation sites is 2. The second kappa shape index (κ2) is 5.26. The number of rotatable bonds is 1. The van der Waals surface area contributed by atoms with E-state index >= 15 is 0 Å². The number of fused-ring (bicyclic) bond motifs is 1. The standard InChI is InChI=1S/C17H15FN2O2/c1-11(21)19-15-9-5-6-10-16(15)20(12(2)22)17(19)13-7-3-4-8-14(13)18/h3-10,17H,1-2H3. The summed E-state index contributed by atoms with van der Waals surface area (Å²) in [5, 5.41) is 0. The number of hydrogen-bond donors (Lipinski definition) is 0. The summed E-state index contributed by atoms with van der Waals surface area (Å²) in [6, 6.07) is 13.3. The summed E-state index contributed by atoms with van der Waals surface area (Å²) >= 11 is 0. The lowest BCUT2D eigenvalue weighted by Gasteiger charge is -2.29.